The zero-order chi connectivity index (χ0) is 15.5. The minimum absolute atomic E-state index is 0.00654. The summed E-state index contributed by atoms with van der Waals surface area (Å²) in [6.45, 7) is 4.69. The highest BCUT2D eigenvalue weighted by Crippen LogP contribution is 2.14. The molecule has 0 unspecified atom stereocenters. The number of amides is 1. The fourth-order valence-electron chi connectivity index (χ4n) is 2.58. The zero-order valence-corrected chi connectivity index (χ0v) is 13.3. The van der Waals surface area contributed by atoms with Crippen molar-refractivity contribution >= 4 is 15.9 Å². The Morgan fingerprint density at radius 2 is 1.90 bits per heavy atom. The van der Waals surface area contributed by atoms with E-state index in [0.29, 0.717) is 25.9 Å². The maximum Gasteiger partial charge on any atom is 0.219 e. The Morgan fingerprint density at radius 1 is 1.29 bits per heavy atom. The Kier molecular flexibility index (Phi) is 5.00. The van der Waals surface area contributed by atoms with Gasteiger partial charge in [0.2, 0.25) is 15.9 Å². The number of piperidine rings is 1. The van der Waals surface area contributed by atoms with E-state index in [9.17, 15) is 13.2 Å². The summed E-state index contributed by atoms with van der Waals surface area (Å²) in [7, 11) is -3.35. The summed E-state index contributed by atoms with van der Waals surface area (Å²) in [6, 6.07) is 7.43. The molecule has 1 aromatic rings. The molecule has 0 aromatic heterocycles. The van der Waals surface area contributed by atoms with Crippen molar-refractivity contribution in [3.05, 3.63) is 35.4 Å². The van der Waals surface area contributed by atoms with Gasteiger partial charge in [-0.2, -0.15) is 0 Å². The van der Waals surface area contributed by atoms with E-state index in [0.717, 1.165) is 11.1 Å². The minimum atomic E-state index is -3.35. The molecule has 116 valence electrons. The Labute approximate surface area is 126 Å². The van der Waals surface area contributed by atoms with Gasteiger partial charge in [-0.3, -0.25) is 4.79 Å². The third kappa shape index (κ3) is 4.54. The summed E-state index contributed by atoms with van der Waals surface area (Å²) < 4.78 is 27.3. The molecule has 1 aliphatic rings. The highest BCUT2D eigenvalue weighted by molar-refractivity contribution is 7.88. The molecule has 1 heterocycles. The Bertz CT molecular complexity index is 605. The van der Waals surface area contributed by atoms with Gasteiger partial charge in [-0.25, -0.2) is 13.1 Å². The predicted octanol–water partition coefficient (Wildman–Crippen LogP) is 1.43. The van der Waals surface area contributed by atoms with Crippen LogP contribution in [0.25, 0.3) is 0 Å². The van der Waals surface area contributed by atoms with Gasteiger partial charge in [-0.05, 0) is 30.9 Å². The van der Waals surface area contributed by atoms with Crippen molar-refractivity contribution in [1.29, 1.82) is 0 Å². The maximum absolute atomic E-state index is 12.2. The molecule has 1 amide bonds. The summed E-state index contributed by atoms with van der Waals surface area (Å²) in [5.41, 5.74) is 1.81. The first-order valence-electron chi connectivity index (χ1n) is 7.17. The smallest absolute Gasteiger partial charge is 0.219 e. The topological polar surface area (TPSA) is 66.5 Å². The molecule has 1 saturated heterocycles. The molecular formula is C15H22N2O3S. The van der Waals surface area contributed by atoms with E-state index < -0.39 is 10.0 Å². The number of nitrogens with one attached hydrogen (secondary N) is 1. The van der Waals surface area contributed by atoms with Gasteiger partial charge in [-0.15, -0.1) is 0 Å². The number of sulfonamides is 1. The molecular weight excluding hydrogens is 288 g/mol. The van der Waals surface area contributed by atoms with Crippen LogP contribution in [0.5, 0.6) is 0 Å². The van der Waals surface area contributed by atoms with Crippen molar-refractivity contribution in [2.45, 2.75) is 38.5 Å². The van der Waals surface area contributed by atoms with E-state index in [-0.39, 0.29) is 17.7 Å². The second-order valence-electron chi connectivity index (χ2n) is 5.58. The number of hydrogen-bond donors (Lipinski definition) is 1. The highest BCUT2D eigenvalue weighted by atomic mass is 32.2. The lowest BCUT2D eigenvalue weighted by Crippen LogP contribution is -2.46. The van der Waals surface area contributed by atoms with Crippen molar-refractivity contribution in [1.82, 2.24) is 9.62 Å². The van der Waals surface area contributed by atoms with Gasteiger partial charge in [0.15, 0.2) is 0 Å². The summed E-state index contributed by atoms with van der Waals surface area (Å²) in [5.74, 6) is 0.0586. The number of carbonyl (C=O) groups excluding carboxylic acids is 1. The molecule has 0 bridgehead atoms. The Morgan fingerprint density at radius 3 is 2.48 bits per heavy atom. The van der Waals surface area contributed by atoms with Gasteiger partial charge in [0.25, 0.3) is 0 Å². The molecule has 6 heteroatoms. The van der Waals surface area contributed by atoms with E-state index in [1.807, 2.05) is 31.2 Å². The molecule has 0 radical (unpaired) electrons. The van der Waals surface area contributed by atoms with Crippen molar-refractivity contribution in [2.24, 2.45) is 0 Å². The van der Waals surface area contributed by atoms with Crippen LogP contribution in [0.1, 0.15) is 30.9 Å². The summed E-state index contributed by atoms with van der Waals surface area (Å²) in [5, 5.41) is 0. The van der Waals surface area contributed by atoms with Crippen LogP contribution in [0.3, 0.4) is 0 Å². The molecule has 1 N–H and O–H groups in total. The van der Waals surface area contributed by atoms with Gasteiger partial charge in [0.05, 0.1) is 5.75 Å². The SMILES string of the molecule is CC(=O)N1CCC(NS(=O)(=O)Cc2ccccc2C)CC1. The van der Waals surface area contributed by atoms with Crippen LogP contribution in [0.4, 0.5) is 0 Å². The predicted molar refractivity (Wildman–Crippen MR) is 82.2 cm³/mol. The number of aryl methyl sites for hydroxylation is 1. The highest BCUT2D eigenvalue weighted by Gasteiger charge is 2.24. The first-order valence-corrected chi connectivity index (χ1v) is 8.82. The number of carbonyl (C=O) groups is 1. The van der Waals surface area contributed by atoms with Crippen molar-refractivity contribution in [2.75, 3.05) is 13.1 Å². The molecule has 5 nitrogen and oxygen atoms in total. The average molecular weight is 310 g/mol. The monoisotopic (exact) mass is 310 g/mol. The first kappa shape index (κ1) is 16.0. The largest absolute Gasteiger partial charge is 0.343 e. The second kappa shape index (κ2) is 6.58. The van der Waals surface area contributed by atoms with Crippen LogP contribution in [0.2, 0.25) is 0 Å². The Balaban J connectivity index is 1.93. The van der Waals surface area contributed by atoms with Gasteiger partial charge in [-0.1, -0.05) is 24.3 Å². The third-order valence-electron chi connectivity index (χ3n) is 3.89. The molecule has 1 fully saturated rings. The van der Waals surface area contributed by atoms with Crippen molar-refractivity contribution < 1.29 is 13.2 Å². The number of nitrogens with zero attached hydrogens (tertiary/aromatic N) is 1. The molecule has 1 aliphatic heterocycles. The van der Waals surface area contributed by atoms with E-state index in [1.54, 1.807) is 11.8 Å². The molecule has 21 heavy (non-hydrogen) atoms. The van der Waals surface area contributed by atoms with E-state index in [4.69, 9.17) is 0 Å². The van der Waals surface area contributed by atoms with E-state index in [1.165, 1.54) is 0 Å². The minimum Gasteiger partial charge on any atom is -0.343 e. The molecule has 0 spiro atoms. The first-order chi connectivity index (χ1) is 9.87. The van der Waals surface area contributed by atoms with Crippen molar-refractivity contribution in [3.63, 3.8) is 0 Å². The Hall–Kier alpha value is -1.40. The van der Waals surface area contributed by atoms with E-state index in [2.05, 4.69) is 4.72 Å². The quantitative estimate of drug-likeness (QED) is 0.915. The van der Waals surface area contributed by atoms with Crippen LogP contribution in [-0.2, 0) is 20.6 Å². The number of hydrogen-bond acceptors (Lipinski definition) is 3. The van der Waals surface area contributed by atoms with Crippen LogP contribution in [0, 0.1) is 6.92 Å². The normalized spacial score (nSPS) is 17.0. The fraction of sp³-hybridized carbons (Fsp3) is 0.533. The summed E-state index contributed by atoms with van der Waals surface area (Å²) >= 11 is 0. The lowest BCUT2D eigenvalue weighted by atomic mass is 10.1. The molecule has 0 saturated carbocycles. The summed E-state index contributed by atoms with van der Waals surface area (Å²) in [4.78, 5) is 13.0. The average Bonchev–Trinajstić information content (AvgIpc) is 2.41. The van der Waals surface area contributed by atoms with Gasteiger partial charge >= 0.3 is 0 Å². The van der Waals surface area contributed by atoms with Crippen LogP contribution in [0.15, 0.2) is 24.3 Å². The van der Waals surface area contributed by atoms with Crippen LogP contribution >= 0.6 is 0 Å². The number of benzene rings is 1. The lowest BCUT2D eigenvalue weighted by molar-refractivity contribution is -0.129. The maximum atomic E-state index is 12.2. The zero-order valence-electron chi connectivity index (χ0n) is 12.5. The summed E-state index contributed by atoms with van der Waals surface area (Å²) in [6.07, 6.45) is 1.35. The fourth-order valence-corrected chi connectivity index (χ4v) is 4.14. The van der Waals surface area contributed by atoms with Gasteiger partial charge in [0.1, 0.15) is 0 Å². The van der Waals surface area contributed by atoms with E-state index >= 15 is 0 Å². The van der Waals surface area contributed by atoms with Gasteiger partial charge in [0, 0.05) is 26.1 Å². The number of rotatable bonds is 4. The molecule has 0 aliphatic carbocycles. The van der Waals surface area contributed by atoms with Gasteiger partial charge < -0.3 is 4.90 Å². The molecule has 2 rings (SSSR count). The second-order valence-corrected chi connectivity index (χ2v) is 7.34. The lowest BCUT2D eigenvalue weighted by Gasteiger charge is -2.31. The standard InChI is InChI=1S/C15H22N2O3S/c1-12-5-3-4-6-14(12)11-21(19,20)16-15-7-9-17(10-8-15)13(2)18/h3-6,15-16H,7-11H2,1-2H3. The van der Waals surface area contributed by atoms with Crippen LogP contribution in [-0.4, -0.2) is 38.4 Å². The third-order valence-corrected chi connectivity index (χ3v) is 5.28. The number of likely N-dealkylation sites (tertiary alicyclic amines) is 1. The van der Waals surface area contributed by atoms with Crippen molar-refractivity contribution in [3.8, 4) is 0 Å². The molecule has 0 atom stereocenters. The molecule has 1 aromatic carbocycles. The van der Waals surface area contributed by atoms with Crippen LogP contribution < -0.4 is 4.72 Å².